The molecule has 274 valence electrons. The SMILES string of the molecule is C/C=C1\[C@H](O[C@@H]2O[C@H](CO)[C@@H](O)[C@H](O)[C@H]2O)OC=C(C(=O)OC)[C@H]1CC(=O)OC[C@H]1O[C@@H](OCCc2ccc(O)c(O)c2)[C@H](O)[C@@H](O)[C@@H]1O. The summed E-state index contributed by atoms with van der Waals surface area (Å²) in [5, 5.41) is 90.5. The van der Waals surface area contributed by atoms with Gasteiger partial charge in [-0.3, -0.25) is 4.79 Å². The zero-order valence-electron chi connectivity index (χ0n) is 26.5. The molecular formula is C31H42O18. The van der Waals surface area contributed by atoms with Gasteiger partial charge < -0.3 is 79.1 Å². The van der Waals surface area contributed by atoms with Crippen LogP contribution in [0.3, 0.4) is 0 Å². The first-order valence-corrected chi connectivity index (χ1v) is 15.3. The number of benzene rings is 1. The molecule has 3 heterocycles. The molecule has 0 aromatic heterocycles. The zero-order valence-corrected chi connectivity index (χ0v) is 26.5. The fraction of sp³-hybridized carbons (Fsp3) is 0.613. The summed E-state index contributed by atoms with van der Waals surface area (Å²) in [5.41, 5.74) is 0.658. The maximum absolute atomic E-state index is 13.1. The molecule has 1 aromatic carbocycles. The third-order valence-electron chi connectivity index (χ3n) is 8.39. The standard InChI is InChI=1S/C31H42O18/c1-3-14-15(16(28(42)43-2)11-46-29(14)49-31-27(41)24(38)22(36)19(10-32)47-31)9-21(35)45-12-20-23(37)25(39)26(40)30(48-20)44-7-6-13-4-5-17(33)18(34)8-13/h3-5,8,11,15,19-20,22-27,29-34,36-41H,6-7,9-10,12H2,1-2H3/b14-3-/t15-,19+,20+,22+,23+,24-,25-,26+,27+,29-,30+,31-/m0/s1. The third kappa shape index (κ3) is 8.86. The number of carbonyl (C=O) groups is 2. The second-order valence-electron chi connectivity index (χ2n) is 11.6. The molecule has 0 aliphatic carbocycles. The van der Waals surface area contributed by atoms with E-state index in [1.54, 1.807) is 13.0 Å². The highest BCUT2D eigenvalue weighted by Gasteiger charge is 2.48. The number of methoxy groups -OCH3 is 1. The average molecular weight is 703 g/mol. The minimum absolute atomic E-state index is 0.0633. The van der Waals surface area contributed by atoms with Gasteiger partial charge in [-0.15, -0.1) is 0 Å². The second kappa shape index (κ2) is 17.0. The van der Waals surface area contributed by atoms with E-state index in [2.05, 4.69) is 0 Å². The van der Waals surface area contributed by atoms with Crippen molar-refractivity contribution in [2.24, 2.45) is 5.92 Å². The highest BCUT2D eigenvalue weighted by atomic mass is 16.8. The van der Waals surface area contributed by atoms with Crippen LogP contribution in [-0.4, -0.2) is 153 Å². The van der Waals surface area contributed by atoms with Crippen molar-refractivity contribution in [3.63, 3.8) is 0 Å². The van der Waals surface area contributed by atoms with E-state index >= 15 is 0 Å². The summed E-state index contributed by atoms with van der Waals surface area (Å²) in [5.74, 6) is -3.47. The number of phenols is 2. The molecule has 0 amide bonds. The number of esters is 2. The molecule has 0 spiro atoms. The molecule has 3 aliphatic rings. The smallest absolute Gasteiger partial charge is 0.337 e. The Morgan fingerprint density at radius 2 is 1.53 bits per heavy atom. The van der Waals surface area contributed by atoms with E-state index in [1.807, 2.05) is 0 Å². The molecule has 0 bridgehead atoms. The number of carbonyl (C=O) groups excluding carboxylic acids is 2. The number of hydrogen-bond acceptors (Lipinski definition) is 18. The molecule has 2 saturated heterocycles. The van der Waals surface area contributed by atoms with Crippen LogP contribution in [0.2, 0.25) is 0 Å². The van der Waals surface area contributed by atoms with Gasteiger partial charge in [-0.25, -0.2) is 4.79 Å². The van der Waals surface area contributed by atoms with Crippen molar-refractivity contribution < 1.29 is 88.7 Å². The Hall–Kier alpha value is -3.40. The van der Waals surface area contributed by atoms with E-state index in [1.165, 1.54) is 18.2 Å². The van der Waals surface area contributed by atoms with Gasteiger partial charge in [0.2, 0.25) is 6.29 Å². The molecule has 3 aliphatic heterocycles. The van der Waals surface area contributed by atoms with Gasteiger partial charge in [0.1, 0.15) is 55.4 Å². The first kappa shape index (κ1) is 38.4. The van der Waals surface area contributed by atoms with Crippen LogP contribution in [0.15, 0.2) is 41.7 Å². The van der Waals surface area contributed by atoms with Crippen molar-refractivity contribution in [2.75, 3.05) is 26.9 Å². The van der Waals surface area contributed by atoms with Gasteiger partial charge in [-0.1, -0.05) is 12.1 Å². The number of phenolic OH excluding ortho intramolecular Hbond substituents is 2. The predicted molar refractivity (Wildman–Crippen MR) is 159 cm³/mol. The first-order valence-electron chi connectivity index (χ1n) is 15.3. The van der Waals surface area contributed by atoms with Gasteiger partial charge in [-0.05, 0) is 31.0 Å². The summed E-state index contributed by atoms with van der Waals surface area (Å²) in [6.07, 6.45) is -15.1. The summed E-state index contributed by atoms with van der Waals surface area (Å²) < 4.78 is 37.9. The first-order chi connectivity index (χ1) is 23.3. The molecule has 0 saturated carbocycles. The van der Waals surface area contributed by atoms with Crippen molar-refractivity contribution in [1.29, 1.82) is 0 Å². The van der Waals surface area contributed by atoms with E-state index in [-0.39, 0.29) is 35.7 Å². The van der Waals surface area contributed by atoms with Crippen molar-refractivity contribution in [3.05, 3.63) is 47.2 Å². The third-order valence-corrected chi connectivity index (χ3v) is 8.39. The van der Waals surface area contributed by atoms with Crippen LogP contribution in [0.4, 0.5) is 0 Å². The van der Waals surface area contributed by atoms with E-state index in [0.717, 1.165) is 13.4 Å². The topological polar surface area (TPSA) is 281 Å². The van der Waals surface area contributed by atoms with Crippen LogP contribution >= 0.6 is 0 Å². The second-order valence-corrected chi connectivity index (χ2v) is 11.6. The Labute approximate surface area is 279 Å². The number of rotatable bonds is 12. The number of hydrogen-bond donors (Lipinski definition) is 9. The summed E-state index contributed by atoms with van der Waals surface area (Å²) >= 11 is 0. The number of aromatic hydroxyl groups is 2. The Balaban J connectivity index is 1.39. The van der Waals surface area contributed by atoms with Crippen molar-refractivity contribution in [1.82, 2.24) is 0 Å². The lowest BCUT2D eigenvalue weighted by atomic mass is 9.86. The molecule has 0 unspecified atom stereocenters. The Morgan fingerprint density at radius 3 is 2.16 bits per heavy atom. The Kier molecular flexibility index (Phi) is 13.3. The highest BCUT2D eigenvalue weighted by Crippen LogP contribution is 2.36. The fourth-order valence-corrected chi connectivity index (χ4v) is 5.54. The van der Waals surface area contributed by atoms with E-state index < -0.39 is 105 Å². The monoisotopic (exact) mass is 702 g/mol. The number of aliphatic hydroxyl groups excluding tert-OH is 7. The lowest BCUT2D eigenvalue weighted by Crippen LogP contribution is -2.60. The molecule has 0 radical (unpaired) electrons. The molecule has 49 heavy (non-hydrogen) atoms. The van der Waals surface area contributed by atoms with Gasteiger partial charge in [-0.2, -0.15) is 0 Å². The number of allylic oxidation sites excluding steroid dienone is 1. The van der Waals surface area contributed by atoms with Crippen LogP contribution in [0, 0.1) is 5.92 Å². The number of aliphatic hydroxyl groups is 7. The van der Waals surface area contributed by atoms with Crippen LogP contribution in [-0.2, 0) is 49.2 Å². The lowest BCUT2D eigenvalue weighted by molar-refractivity contribution is -0.327. The minimum atomic E-state index is -1.77. The largest absolute Gasteiger partial charge is 0.504 e. The average Bonchev–Trinajstić information content (AvgIpc) is 3.09. The van der Waals surface area contributed by atoms with Crippen LogP contribution in [0.5, 0.6) is 11.5 Å². The van der Waals surface area contributed by atoms with Crippen LogP contribution in [0.1, 0.15) is 18.9 Å². The molecule has 18 heteroatoms. The predicted octanol–water partition coefficient (Wildman–Crippen LogP) is -2.81. The summed E-state index contributed by atoms with van der Waals surface area (Å²) in [4.78, 5) is 25.7. The van der Waals surface area contributed by atoms with Crippen LogP contribution in [0.25, 0.3) is 0 Å². The molecule has 9 N–H and O–H groups in total. The Bertz CT molecular complexity index is 1350. The molecule has 12 atom stereocenters. The quantitative estimate of drug-likeness (QED) is 0.0604. The Morgan fingerprint density at radius 1 is 0.878 bits per heavy atom. The molecule has 4 rings (SSSR count). The molecule has 18 nitrogen and oxygen atoms in total. The maximum Gasteiger partial charge on any atom is 0.337 e. The summed E-state index contributed by atoms with van der Waals surface area (Å²) in [6.45, 7) is 0.170. The summed E-state index contributed by atoms with van der Waals surface area (Å²) in [7, 11) is 1.11. The van der Waals surface area contributed by atoms with E-state index in [0.29, 0.717) is 5.56 Å². The summed E-state index contributed by atoms with van der Waals surface area (Å²) in [6, 6.07) is 4.15. The van der Waals surface area contributed by atoms with E-state index in [4.69, 9.17) is 33.2 Å². The van der Waals surface area contributed by atoms with Crippen LogP contribution < -0.4 is 0 Å². The minimum Gasteiger partial charge on any atom is -0.504 e. The fourth-order valence-electron chi connectivity index (χ4n) is 5.54. The normalized spacial score (nSPS) is 35.7. The zero-order chi connectivity index (χ0) is 36.0. The lowest BCUT2D eigenvalue weighted by Gasteiger charge is -2.42. The van der Waals surface area contributed by atoms with Gasteiger partial charge in [0.15, 0.2) is 24.1 Å². The molecule has 2 fully saturated rings. The van der Waals surface area contributed by atoms with Gasteiger partial charge in [0.05, 0.1) is 38.6 Å². The van der Waals surface area contributed by atoms with E-state index in [9.17, 15) is 55.5 Å². The van der Waals surface area contributed by atoms with Gasteiger partial charge in [0, 0.05) is 11.5 Å². The molecule has 1 aromatic rings. The molecular weight excluding hydrogens is 660 g/mol. The number of ether oxygens (including phenoxy) is 7. The van der Waals surface area contributed by atoms with Gasteiger partial charge in [0.25, 0.3) is 0 Å². The van der Waals surface area contributed by atoms with Crippen molar-refractivity contribution in [2.45, 2.75) is 87.5 Å². The highest BCUT2D eigenvalue weighted by molar-refractivity contribution is 5.90. The van der Waals surface area contributed by atoms with Crippen molar-refractivity contribution >= 4 is 11.9 Å². The van der Waals surface area contributed by atoms with Gasteiger partial charge >= 0.3 is 11.9 Å². The van der Waals surface area contributed by atoms with Crippen molar-refractivity contribution in [3.8, 4) is 11.5 Å². The maximum atomic E-state index is 13.1.